The molecule has 0 aliphatic heterocycles. The third-order valence-corrected chi connectivity index (χ3v) is 9.24. The second-order valence-electron chi connectivity index (χ2n) is 6.08. The van der Waals surface area contributed by atoms with Crippen molar-refractivity contribution in [3.8, 4) is 0 Å². The van der Waals surface area contributed by atoms with Crippen LogP contribution in [-0.2, 0) is 0 Å². The van der Waals surface area contributed by atoms with Crippen LogP contribution in [-0.4, -0.2) is 11.3 Å². The van der Waals surface area contributed by atoms with Gasteiger partial charge in [0.25, 0.3) is 0 Å². The van der Waals surface area contributed by atoms with E-state index in [9.17, 15) is 0 Å². The maximum Gasteiger partial charge on any atom is -0.00915 e. The molecular formula is C22H24P2. The van der Waals surface area contributed by atoms with Crippen LogP contribution in [0.5, 0.6) is 0 Å². The van der Waals surface area contributed by atoms with Gasteiger partial charge in [0.05, 0.1) is 0 Å². The molecule has 0 aliphatic rings. The molecule has 0 bridgehead atoms. The maximum atomic E-state index is 2.44. The van der Waals surface area contributed by atoms with Crippen LogP contribution in [0.3, 0.4) is 0 Å². The zero-order valence-corrected chi connectivity index (χ0v) is 16.2. The molecule has 0 saturated heterocycles. The minimum absolute atomic E-state index is 0.341. The first-order chi connectivity index (χ1) is 11.8. The molecule has 3 aromatic rings. The van der Waals surface area contributed by atoms with Crippen LogP contribution in [0.1, 0.15) is 13.8 Å². The molecule has 2 heteroatoms. The van der Waals surface area contributed by atoms with Crippen molar-refractivity contribution < 1.29 is 0 Å². The minimum Gasteiger partial charge on any atom is -0.0868 e. The van der Waals surface area contributed by atoms with Crippen LogP contribution in [0.2, 0.25) is 0 Å². The van der Waals surface area contributed by atoms with Crippen LogP contribution in [0.25, 0.3) is 0 Å². The average molecular weight is 350 g/mol. The molecule has 3 atom stereocenters. The molecule has 0 heterocycles. The first-order valence-electron chi connectivity index (χ1n) is 8.46. The van der Waals surface area contributed by atoms with Gasteiger partial charge in [-0.15, -0.1) is 0 Å². The van der Waals surface area contributed by atoms with Crippen LogP contribution >= 0.6 is 16.5 Å². The van der Waals surface area contributed by atoms with Crippen molar-refractivity contribution in [3.05, 3.63) is 91.0 Å². The highest BCUT2D eigenvalue weighted by Gasteiger charge is 2.25. The van der Waals surface area contributed by atoms with Gasteiger partial charge in [0.15, 0.2) is 0 Å². The summed E-state index contributed by atoms with van der Waals surface area (Å²) in [5.41, 5.74) is 1.31. The number of benzene rings is 3. The van der Waals surface area contributed by atoms with Gasteiger partial charge in [0, 0.05) is 0 Å². The van der Waals surface area contributed by atoms with E-state index in [1.807, 2.05) is 0 Å². The minimum atomic E-state index is -0.341. The van der Waals surface area contributed by atoms with Crippen LogP contribution in [0, 0.1) is 0 Å². The second-order valence-corrected chi connectivity index (χ2v) is 10.4. The highest BCUT2D eigenvalue weighted by molar-refractivity contribution is 7.74. The summed E-state index contributed by atoms with van der Waals surface area (Å²) in [5, 5.41) is 4.43. The summed E-state index contributed by atoms with van der Waals surface area (Å²) in [7, 11) is 0.517. The quantitative estimate of drug-likeness (QED) is 0.555. The molecule has 0 N–H and O–H groups in total. The summed E-state index contributed by atoms with van der Waals surface area (Å²) in [6, 6.07) is 33.0. The topological polar surface area (TPSA) is 0 Å². The molecule has 0 amide bonds. The molecular weight excluding hydrogens is 326 g/mol. The normalized spacial score (nSPS) is 14.1. The van der Waals surface area contributed by atoms with E-state index in [4.69, 9.17) is 0 Å². The van der Waals surface area contributed by atoms with E-state index in [2.05, 4.69) is 105 Å². The second kappa shape index (κ2) is 8.57. The molecule has 0 aliphatic carbocycles. The predicted molar refractivity (Wildman–Crippen MR) is 112 cm³/mol. The van der Waals surface area contributed by atoms with E-state index in [1.54, 1.807) is 0 Å². The Balaban J connectivity index is 1.87. The Morgan fingerprint density at radius 2 is 1.04 bits per heavy atom. The highest BCUT2D eigenvalue weighted by atomic mass is 31.1. The lowest BCUT2D eigenvalue weighted by molar-refractivity contribution is 0.916. The summed E-state index contributed by atoms with van der Waals surface area (Å²) in [6.45, 7) is 4.85. The van der Waals surface area contributed by atoms with E-state index in [0.717, 1.165) is 8.58 Å². The van der Waals surface area contributed by atoms with E-state index in [0.29, 0.717) is 11.3 Å². The van der Waals surface area contributed by atoms with Crippen LogP contribution in [0.4, 0.5) is 0 Å². The molecule has 0 saturated carbocycles. The number of hydrogen-bond acceptors (Lipinski definition) is 0. The molecule has 1 unspecified atom stereocenters. The van der Waals surface area contributed by atoms with E-state index in [-0.39, 0.29) is 7.92 Å². The fourth-order valence-corrected chi connectivity index (χ4v) is 7.43. The zero-order valence-electron chi connectivity index (χ0n) is 14.3. The Morgan fingerprint density at radius 1 is 0.625 bits per heavy atom. The summed E-state index contributed by atoms with van der Waals surface area (Å²) in [5.74, 6) is 0. The summed E-state index contributed by atoms with van der Waals surface area (Å²) in [6.07, 6.45) is 0. The van der Waals surface area contributed by atoms with Gasteiger partial charge in [-0.3, -0.25) is 0 Å². The van der Waals surface area contributed by atoms with Crippen molar-refractivity contribution in [3.63, 3.8) is 0 Å². The Morgan fingerprint density at radius 3 is 1.50 bits per heavy atom. The lowest BCUT2D eigenvalue weighted by Gasteiger charge is -2.30. The molecule has 0 aromatic heterocycles. The van der Waals surface area contributed by atoms with Gasteiger partial charge in [-0.2, -0.15) is 0 Å². The molecule has 3 rings (SSSR count). The summed E-state index contributed by atoms with van der Waals surface area (Å²) >= 11 is 0. The van der Waals surface area contributed by atoms with E-state index < -0.39 is 0 Å². The molecule has 122 valence electrons. The lowest BCUT2D eigenvalue weighted by Crippen LogP contribution is -2.26. The molecule has 0 radical (unpaired) electrons. The van der Waals surface area contributed by atoms with Crippen molar-refractivity contribution >= 4 is 32.4 Å². The van der Waals surface area contributed by atoms with Crippen LogP contribution < -0.4 is 15.9 Å². The maximum absolute atomic E-state index is 2.44. The fraction of sp³-hybridized carbons (Fsp3) is 0.182. The van der Waals surface area contributed by atoms with Crippen molar-refractivity contribution in [2.45, 2.75) is 25.2 Å². The first-order valence-corrected chi connectivity index (χ1v) is 11.0. The Bertz CT molecular complexity index is 686. The standard InChI is InChI=1S/C22H24P2/c1-18(23-20-12-6-3-7-13-20)19(2)24(21-14-8-4-9-15-21)22-16-10-5-11-17-22/h3-19,23H,1-2H3/t18-,19-/m0/s1. The monoisotopic (exact) mass is 350 g/mol. The van der Waals surface area contributed by atoms with Crippen molar-refractivity contribution in [2.75, 3.05) is 0 Å². The SMILES string of the molecule is C[C@H](Pc1ccccc1)[C@H](C)P(c1ccccc1)c1ccccc1. The van der Waals surface area contributed by atoms with Gasteiger partial charge >= 0.3 is 0 Å². The van der Waals surface area contributed by atoms with Crippen molar-refractivity contribution in [2.24, 2.45) is 0 Å². The number of rotatable bonds is 6. The molecule has 0 spiro atoms. The average Bonchev–Trinajstić information content (AvgIpc) is 2.64. The molecule has 0 fully saturated rings. The van der Waals surface area contributed by atoms with E-state index in [1.165, 1.54) is 15.9 Å². The lowest BCUT2D eigenvalue weighted by atomic mass is 10.3. The summed E-state index contributed by atoms with van der Waals surface area (Å²) in [4.78, 5) is 0. The molecule has 24 heavy (non-hydrogen) atoms. The first kappa shape index (κ1) is 17.3. The van der Waals surface area contributed by atoms with Crippen molar-refractivity contribution in [1.29, 1.82) is 0 Å². The Kier molecular flexibility index (Phi) is 6.19. The zero-order chi connectivity index (χ0) is 16.8. The number of hydrogen-bond donors (Lipinski definition) is 0. The fourth-order valence-electron chi connectivity index (χ4n) is 2.94. The smallest absolute Gasteiger partial charge is 0.00915 e. The molecule has 3 aromatic carbocycles. The van der Waals surface area contributed by atoms with Gasteiger partial charge < -0.3 is 0 Å². The third-order valence-electron chi connectivity index (χ3n) is 4.37. The van der Waals surface area contributed by atoms with E-state index >= 15 is 0 Å². The Labute approximate surface area is 148 Å². The predicted octanol–water partition coefficient (Wildman–Crippen LogP) is 4.90. The van der Waals surface area contributed by atoms with Gasteiger partial charge in [-0.25, -0.2) is 0 Å². The molecule has 0 nitrogen and oxygen atoms in total. The highest BCUT2D eigenvalue weighted by Crippen LogP contribution is 2.44. The van der Waals surface area contributed by atoms with Gasteiger partial charge in [-0.1, -0.05) is 113 Å². The van der Waals surface area contributed by atoms with Crippen LogP contribution in [0.15, 0.2) is 91.0 Å². The Hall–Kier alpha value is -1.48. The van der Waals surface area contributed by atoms with Gasteiger partial charge in [0.1, 0.15) is 0 Å². The van der Waals surface area contributed by atoms with Gasteiger partial charge in [0.2, 0.25) is 0 Å². The summed E-state index contributed by atoms with van der Waals surface area (Å²) < 4.78 is 0. The third kappa shape index (κ3) is 4.32. The van der Waals surface area contributed by atoms with Crippen molar-refractivity contribution in [1.82, 2.24) is 0 Å². The largest absolute Gasteiger partial charge is 0.0868 e. The van der Waals surface area contributed by atoms with Gasteiger partial charge in [-0.05, 0) is 35.2 Å².